The topological polar surface area (TPSA) is 96.0 Å². The van der Waals surface area contributed by atoms with E-state index in [4.69, 9.17) is 16.3 Å². The highest BCUT2D eigenvalue weighted by Gasteiger charge is 2.32. The molecule has 0 saturated carbocycles. The first-order valence-corrected chi connectivity index (χ1v) is 12.2. The summed E-state index contributed by atoms with van der Waals surface area (Å²) < 4.78 is 33.5. The summed E-state index contributed by atoms with van der Waals surface area (Å²) >= 11 is 5.87. The SMILES string of the molecule is CCOC(=O)N1CCN(C(=O)[C@@H](Cc2ccccc2)NS(=O)(=O)c2ccc(Cl)cc2)CC1. The smallest absolute Gasteiger partial charge is 0.409 e. The number of piperazine rings is 1. The zero-order valence-corrected chi connectivity index (χ0v) is 19.3. The Kier molecular flexibility index (Phi) is 8.11. The van der Waals surface area contributed by atoms with Crippen LogP contribution in [0.15, 0.2) is 59.5 Å². The van der Waals surface area contributed by atoms with Gasteiger partial charge in [-0.2, -0.15) is 4.72 Å². The number of hydrogen-bond donors (Lipinski definition) is 1. The van der Waals surface area contributed by atoms with Crippen LogP contribution in [0.4, 0.5) is 4.79 Å². The third kappa shape index (κ3) is 6.21. The van der Waals surface area contributed by atoms with Gasteiger partial charge in [0.2, 0.25) is 15.9 Å². The van der Waals surface area contributed by atoms with Gasteiger partial charge in [-0.05, 0) is 43.2 Å². The van der Waals surface area contributed by atoms with Gasteiger partial charge in [-0.3, -0.25) is 4.79 Å². The first kappa shape index (κ1) is 24.0. The lowest BCUT2D eigenvalue weighted by molar-refractivity contribution is -0.134. The lowest BCUT2D eigenvalue weighted by Crippen LogP contribution is -2.56. The molecule has 8 nitrogen and oxygen atoms in total. The van der Waals surface area contributed by atoms with Gasteiger partial charge in [-0.25, -0.2) is 13.2 Å². The van der Waals surface area contributed by atoms with Crippen molar-refractivity contribution >= 4 is 33.6 Å². The fourth-order valence-corrected chi connectivity index (χ4v) is 4.76. The van der Waals surface area contributed by atoms with Crippen LogP contribution in [-0.4, -0.2) is 69.0 Å². The van der Waals surface area contributed by atoms with E-state index in [0.29, 0.717) is 31.2 Å². The largest absolute Gasteiger partial charge is 0.450 e. The zero-order chi connectivity index (χ0) is 23.1. The van der Waals surface area contributed by atoms with Crippen LogP contribution >= 0.6 is 11.6 Å². The Bertz CT molecular complexity index is 1020. The van der Waals surface area contributed by atoms with Crippen molar-refractivity contribution in [1.29, 1.82) is 0 Å². The molecule has 0 spiro atoms. The number of hydrogen-bond acceptors (Lipinski definition) is 5. The van der Waals surface area contributed by atoms with Gasteiger partial charge < -0.3 is 14.5 Å². The molecule has 1 aliphatic heterocycles. The van der Waals surface area contributed by atoms with Gasteiger partial charge in [0.15, 0.2) is 0 Å². The van der Waals surface area contributed by atoms with E-state index in [2.05, 4.69) is 4.72 Å². The van der Waals surface area contributed by atoms with Crippen molar-refractivity contribution in [2.75, 3.05) is 32.8 Å². The molecule has 0 radical (unpaired) electrons. The Labute approximate surface area is 193 Å². The minimum absolute atomic E-state index is 0.0277. The summed E-state index contributed by atoms with van der Waals surface area (Å²) in [4.78, 5) is 28.4. The molecule has 0 aromatic heterocycles. The molecule has 1 atom stereocenters. The monoisotopic (exact) mass is 479 g/mol. The summed E-state index contributed by atoms with van der Waals surface area (Å²) in [5.74, 6) is -0.338. The molecule has 0 unspecified atom stereocenters. The van der Waals surface area contributed by atoms with E-state index in [-0.39, 0.29) is 23.8 Å². The van der Waals surface area contributed by atoms with Crippen LogP contribution in [0.3, 0.4) is 0 Å². The second-order valence-corrected chi connectivity index (χ2v) is 9.48. The minimum Gasteiger partial charge on any atom is -0.450 e. The molecule has 0 aliphatic carbocycles. The Morgan fingerprint density at radius 2 is 1.59 bits per heavy atom. The predicted molar refractivity (Wildman–Crippen MR) is 121 cm³/mol. The van der Waals surface area contributed by atoms with E-state index in [1.807, 2.05) is 30.3 Å². The normalized spacial score (nSPS) is 15.3. The number of carbonyl (C=O) groups excluding carboxylic acids is 2. The number of nitrogens with one attached hydrogen (secondary N) is 1. The number of amides is 2. The highest BCUT2D eigenvalue weighted by atomic mass is 35.5. The first-order chi connectivity index (χ1) is 15.3. The Morgan fingerprint density at radius 3 is 2.19 bits per heavy atom. The standard InChI is InChI=1S/C22H26ClN3O5S/c1-2-31-22(28)26-14-12-25(13-15-26)21(27)20(16-17-6-4-3-5-7-17)24-32(29,30)19-10-8-18(23)9-11-19/h3-11,20,24H,2,12-16H2,1H3/t20-/m1/s1. The van der Waals surface area contributed by atoms with Gasteiger partial charge in [-0.1, -0.05) is 41.9 Å². The third-order valence-corrected chi connectivity index (χ3v) is 6.86. The van der Waals surface area contributed by atoms with Crippen molar-refractivity contribution in [3.63, 3.8) is 0 Å². The molecule has 1 heterocycles. The highest BCUT2D eigenvalue weighted by molar-refractivity contribution is 7.89. The van der Waals surface area contributed by atoms with Gasteiger partial charge in [-0.15, -0.1) is 0 Å². The molecule has 3 rings (SSSR count). The second-order valence-electron chi connectivity index (χ2n) is 7.33. The quantitative estimate of drug-likeness (QED) is 0.658. The van der Waals surface area contributed by atoms with Crippen molar-refractivity contribution in [2.24, 2.45) is 0 Å². The number of nitrogens with zero attached hydrogens (tertiary/aromatic N) is 2. The number of benzene rings is 2. The molecule has 0 bridgehead atoms. The van der Waals surface area contributed by atoms with E-state index >= 15 is 0 Å². The molecule has 1 fully saturated rings. The third-order valence-electron chi connectivity index (χ3n) is 5.12. The Balaban J connectivity index is 1.76. The highest BCUT2D eigenvalue weighted by Crippen LogP contribution is 2.16. The first-order valence-electron chi connectivity index (χ1n) is 10.3. The number of ether oxygens (including phenoxy) is 1. The van der Waals surface area contributed by atoms with Crippen LogP contribution in [-0.2, 0) is 26.0 Å². The molecule has 172 valence electrons. The van der Waals surface area contributed by atoms with E-state index in [0.717, 1.165) is 5.56 Å². The van der Waals surface area contributed by atoms with Crippen LogP contribution < -0.4 is 4.72 Å². The molecule has 2 amide bonds. The van der Waals surface area contributed by atoms with Crippen molar-refractivity contribution in [3.05, 3.63) is 65.2 Å². The summed E-state index contributed by atoms with van der Waals surface area (Å²) in [5, 5.41) is 0.417. The number of carbonyl (C=O) groups is 2. The second kappa shape index (κ2) is 10.8. The van der Waals surface area contributed by atoms with Crippen molar-refractivity contribution < 1.29 is 22.7 Å². The number of sulfonamides is 1. The van der Waals surface area contributed by atoms with Crippen LogP contribution in [0.5, 0.6) is 0 Å². The fraction of sp³-hybridized carbons (Fsp3) is 0.364. The Morgan fingerprint density at radius 1 is 1.00 bits per heavy atom. The van der Waals surface area contributed by atoms with E-state index < -0.39 is 22.2 Å². The molecular formula is C22H26ClN3O5S. The molecular weight excluding hydrogens is 454 g/mol. The van der Waals surface area contributed by atoms with Gasteiger partial charge in [0.25, 0.3) is 0 Å². The molecule has 10 heteroatoms. The Hall–Kier alpha value is -2.62. The van der Waals surface area contributed by atoms with E-state index in [9.17, 15) is 18.0 Å². The minimum atomic E-state index is -3.95. The number of halogens is 1. The average molecular weight is 480 g/mol. The molecule has 1 saturated heterocycles. The van der Waals surface area contributed by atoms with Gasteiger partial charge in [0.1, 0.15) is 6.04 Å². The summed E-state index contributed by atoms with van der Waals surface area (Å²) in [6.45, 7) is 3.26. The summed E-state index contributed by atoms with van der Waals surface area (Å²) in [5.41, 5.74) is 0.829. The van der Waals surface area contributed by atoms with E-state index in [1.165, 1.54) is 29.2 Å². The molecule has 2 aromatic carbocycles. The van der Waals surface area contributed by atoms with Gasteiger partial charge in [0.05, 0.1) is 11.5 Å². The zero-order valence-electron chi connectivity index (χ0n) is 17.7. The van der Waals surface area contributed by atoms with Crippen molar-refractivity contribution in [1.82, 2.24) is 14.5 Å². The van der Waals surface area contributed by atoms with Crippen LogP contribution in [0.25, 0.3) is 0 Å². The molecule has 1 aliphatic rings. The summed E-state index contributed by atoms with van der Waals surface area (Å²) in [6.07, 6.45) is -0.214. The molecule has 1 N–H and O–H groups in total. The predicted octanol–water partition coefficient (Wildman–Crippen LogP) is 2.53. The lowest BCUT2D eigenvalue weighted by atomic mass is 10.1. The summed E-state index contributed by atoms with van der Waals surface area (Å²) in [7, 11) is -3.95. The van der Waals surface area contributed by atoms with Crippen molar-refractivity contribution in [3.8, 4) is 0 Å². The van der Waals surface area contributed by atoms with Crippen molar-refractivity contribution in [2.45, 2.75) is 24.3 Å². The summed E-state index contributed by atoms with van der Waals surface area (Å²) in [6, 6.07) is 14.0. The van der Waals surface area contributed by atoms with Crippen LogP contribution in [0, 0.1) is 0 Å². The van der Waals surface area contributed by atoms with Gasteiger partial charge in [0, 0.05) is 31.2 Å². The molecule has 32 heavy (non-hydrogen) atoms. The maximum Gasteiger partial charge on any atom is 0.409 e. The maximum atomic E-state index is 13.3. The number of rotatable bonds is 7. The fourth-order valence-electron chi connectivity index (χ4n) is 3.44. The van der Waals surface area contributed by atoms with Crippen LogP contribution in [0.1, 0.15) is 12.5 Å². The van der Waals surface area contributed by atoms with E-state index in [1.54, 1.807) is 11.8 Å². The lowest BCUT2D eigenvalue weighted by Gasteiger charge is -2.36. The average Bonchev–Trinajstić information content (AvgIpc) is 2.79. The van der Waals surface area contributed by atoms with Crippen LogP contribution in [0.2, 0.25) is 5.02 Å². The maximum absolute atomic E-state index is 13.3. The molecule has 2 aromatic rings. The van der Waals surface area contributed by atoms with Gasteiger partial charge >= 0.3 is 6.09 Å².